The number of hydrogen-bond acceptors (Lipinski definition) is 5. The Hall–Kier alpha value is -3.13. The summed E-state index contributed by atoms with van der Waals surface area (Å²) in [5.74, 6) is 0. The number of rotatable bonds is 9. The summed E-state index contributed by atoms with van der Waals surface area (Å²) in [5.41, 5.74) is 6.40. The zero-order chi connectivity index (χ0) is 24.0. The first-order chi connectivity index (χ1) is 15.7. The summed E-state index contributed by atoms with van der Waals surface area (Å²) in [5, 5.41) is 4.69. The number of hydrogen-bond donors (Lipinski definition) is 1. The average Bonchev–Trinajstić information content (AvgIpc) is 3.06. The molecule has 0 spiro atoms. The van der Waals surface area contributed by atoms with Crippen LogP contribution in [0, 0.1) is 20.8 Å². The molecule has 1 N–H and O–H groups in total. The van der Waals surface area contributed by atoms with Crippen LogP contribution in [0.2, 0.25) is 0 Å². The summed E-state index contributed by atoms with van der Waals surface area (Å²) in [6, 6.07) is 14.1. The number of sulfonamides is 1. The number of ether oxygens (including phenoxy) is 1. The van der Waals surface area contributed by atoms with E-state index < -0.39 is 16.1 Å². The van der Waals surface area contributed by atoms with Crippen molar-refractivity contribution in [2.75, 3.05) is 6.61 Å². The first kappa shape index (κ1) is 24.5. The van der Waals surface area contributed by atoms with Crippen LogP contribution < -0.4 is 4.72 Å². The van der Waals surface area contributed by atoms with Gasteiger partial charge in [-0.3, -0.25) is 0 Å². The van der Waals surface area contributed by atoms with Crippen molar-refractivity contribution in [1.29, 1.82) is 0 Å². The Morgan fingerprint density at radius 3 is 2.30 bits per heavy atom. The van der Waals surface area contributed by atoms with Gasteiger partial charge in [0.25, 0.3) is 10.0 Å². The van der Waals surface area contributed by atoms with Gasteiger partial charge in [-0.2, -0.15) is 5.10 Å². The predicted octanol–water partition coefficient (Wildman–Crippen LogP) is 4.80. The molecule has 0 unspecified atom stereocenters. The lowest BCUT2D eigenvalue weighted by atomic mass is 10.1. The van der Waals surface area contributed by atoms with Crippen LogP contribution in [0.3, 0.4) is 0 Å². The molecule has 1 heterocycles. The molecule has 176 valence electrons. The summed E-state index contributed by atoms with van der Waals surface area (Å²) < 4.78 is 33.5. The molecule has 0 atom stereocenters. The van der Waals surface area contributed by atoms with Crippen LogP contribution >= 0.6 is 0 Å². The third kappa shape index (κ3) is 6.22. The Morgan fingerprint density at radius 2 is 1.67 bits per heavy atom. The highest BCUT2D eigenvalue weighted by molar-refractivity contribution is 7.90. The molecule has 0 saturated carbocycles. The molecule has 0 fully saturated rings. The molecule has 0 saturated heterocycles. The lowest BCUT2D eigenvalue weighted by Crippen LogP contribution is -2.31. The maximum Gasteiger partial charge on any atom is 0.421 e. The zero-order valence-electron chi connectivity index (χ0n) is 19.6. The number of nitrogens with zero attached hydrogens (tertiary/aromatic N) is 2. The van der Waals surface area contributed by atoms with E-state index >= 15 is 0 Å². The van der Waals surface area contributed by atoms with Gasteiger partial charge in [-0.05, 0) is 69.0 Å². The van der Waals surface area contributed by atoms with Gasteiger partial charge in [0, 0.05) is 12.1 Å². The topological polar surface area (TPSA) is 90.3 Å². The van der Waals surface area contributed by atoms with Gasteiger partial charge < -0.3 is 4.74 Å². The predicted molar refractivity (Wildman–Crippen MR) is 128 cm³/mol. The second-order valence-corrected chi connectivity index (χ2v) is 9.82. The van der Waals surface area contributed by atoms with Crippen molar-refractivity contribution in [2.45, 2.75) is 58.3 Å². The van der Waals surface area contributed by atoms with Gasteiger partial charge in [0.05, 0.1) is 22.9 Å². The van der Waals surface area contributed by atoms with E-state index in [2.05, 4.69) is 13.8 Å². The molecule has 3 aromatic rings. The van der Waals surface area contributed by atoms with Crippen LogP contribution in [0.15, 0.2) is 53.4 Å². The highest BCUT2D eigenvalue weighted by Gasteiger charge is 2.18. The molecule has 1 aromatic heterocycles. The van der Waals surface area contributed by atoms with Gasteiger partial charge in [0.2, 0.25) is 0 Å². The Labute approximate surface area is 195 Å². The fourth-order valence-corrected chi connectivity index (χ4v) is 4.51. The third-order valence-electron chi connectivity index (χ3n) is 5.58. The summed E-state index contributed by atoms with van der Waals surface area (Å²) >= 11 is 0. The van der Waals surface area contributed by atoms with Crippen LogP contribution in [0.1, 0.15) is 47.8 Å². The summed E-state index contributed by atoms with van der Waals surface area (Å²) in [6.07, 6.45) is 2.81. The van der Waals surface area contributed by atoms with Gasteiger partial charge in [-0.15, -0.1) is 0 Å². The van der Waals surface area contributed by atoms with E-state index in [1.807, 2.05) is 47.5 Å². The van der Waals surface area contributed by atoms with Gasteiger partial charge in [-0.1, -0.05) is 43.2 Å². The van der Waals surface area contributed by atoms with E-state index in [0.717, 1.165) is 47.5 Å². The maximum absolute atomic E-state index is 12.3. The molecule has 3 rings (SSSR count). The number of nitrogens with one attached hydrogen (secondary N) is 1. The number of aromatic nitrogens is 2. The maximum atomic E-state index is 12.3. The van der Waals surface area contributed by atoms with E-state index in [1.54, 1.807) is 12.1 Å². The van der Waals surface area contributed by atoms with E-state index in [4.69, 9.17) is 9.84 Å². The van der Waals surface area contributed by atoms with Crippen LogP contribution in [0.25, 0.3) is 5.69 Å². The van der Waals surface area contributed by atoms with Gasteiger partial charge in [0.1, 0.15) is 0 Å². The van der Waals surface area contributed by atoms with Crippen LogP contribution in [0.4, 0.5) is 4.79 Å². The first-order valence-corrected chi connectivity index (χ1v) is 12.6. The van der Waals surface area contributed by atoms with Crippen molar-refractivity contribution >= 4 is 16.1 Å². The molecular weight excluding hydrogens is 438 g/mol. The fraction of sp³-hybridized carbons (Fsp3) is 0.360. The lowest BCUT2D eigenvalue weighted by Gasteiger charge is -2.09. The van der Waals surface area contributed by atoms with E-state index in [9.17, 15) is 13.2 Å². The highest BCUT2D eigenvalue weighted by atomic mass is 32.2. The molecule has 0 aliphatic carbocycles. The Bertz CT molecular complexity index is 1200. The Balaban J connectivity index is 1.55. The third-order valence-corrected chi connectivity index (χ3v) is 6.90. The standard InChI is InChI=1S/C25H31N3O4S/c1-5-6-7-24-19(3)26-28(20(24)4)22-12-10-21(11-13-22)16-17-32-25(29)27-33(30,31)23-14-8-18(2)9-15-23/h8-15H,5-7,16-17H2,1-4H3,(H,27,29). The molecule has 0 aliphatic heterocycles. The van der Waals surface area contributed by atoms with Crippen molar-refractivity contribution in [3.05, 3.63) is 76.6 Å². The molecular formula is C25H31N3O4S. The monoisotopic (exact) mass is 469 g/mol. The quantitative estimate of drug-likeness (QED) is 0.486. The Morgan fingerprint density at radius 1 is 1.00 bits per heavy atom. The minimum Gasteiger partial charge on any atom is -0.448 e. The molecule has 1 amide bonds. The second-order valence-electron chi connectivity index (χ2n) is 8.14. The molecule has 33 heavy (non-hydrogen) atoms. The summed E-state index contributed by atoms with van der Waals surface area (Å²) in [4.78, 5) is 12.0. The SMILES string of the molecule is CCCCc1c(C)nn(-c2ccc(CCOC(=O)NS(=O)(=O)c3ccc(C)cc3)cc2)c1C. The van der Waals surface area contributed by atoms with Gasteiger partial charge >= 0.3 is 6.09 Å². The van der Waals surface area contributed by atoms with E-state index in [-0.39, 0.29) is 11.5 Å². The van der Waals surface area contributed by atoms with Crippen molar-refractivity contribution < 1.29 is 17.9 Å². The second kappa shape index (κ2) is 10.7. The van der Waals surface area contributed by atoms with Crippen LogP contribution in [-0.2, 0) is 27.6 Å². The molecule has 7 nitrogen and oxygen atoms in total. The number of amides is 1. The molecule has 2 aromatic carbocycles. The Kier molecular flexibility index (Phi) is 7.92. The smallest absolute Gasteiger partial charge is 0.421 e. The number of carbonyl (C=O) groups is 1. The molecule has 0 aliphatic rings. The van der Waals surface area contributed by atoms with E-state index in [1.165, 1.54) is 17.7 Å². The van der Waals surface area contributed by atoms with Crippen LogP contribution in [-0.4, -0.2) is 30.9 Å². The number of aryl methyl sites for hydroxylation is 2. The largest absolute Gasteiger partial charge is 0.448 e. The number of carbonyl (C=O) groups excluding carboxylic acids is 1. The van der Waals surface area contributed by atoms with Gasteiger partial charge in [-0.25, -0.2) is 22.6 Å². The van der Waals surface area contributed by atoms with Crippen molar-refractivity contribution in [2.24, 2.45) is 0 Å². The number of unbranched alkanes of at least 4 members (excludes halogenated alkanes) is 1. The van der Waals surface area contributed by atoms with Crippen molar-refractivity contribution in [1.82, 2.24) is 14.5 Å². The van der Waals surface area contributed by atoms with Crippen molar-refractivity contribution in [3.63, 3.8) is 0 Å². The average molecular weight is 470 g/mol. The van der Waals surface area contributed by atoms with E-state index in [0.29, 0.717) is 6.42 Å². The highest BCUT2D eigenvalue weighted by Crippen LogP contribution is 2.20. The minimum atomic E-state index is -3.95. The molecule has 0 bridgehead atoms. The minimum absolute atomic E-state index is 0.0163. The first-order valence-electron chi connectivity index (χ1n) is 11.1. The molecule has 0 radical (unpaired) electrons. The van der Waals surface area contributed by atoms with Gasteiger partial charge in [0.15, 0.2) is 0 Å². The van der Waals surface area contributed by atoms with Crippen LogP contribution in [0.5, 0.6) is 0 Å². The fourth-order valence-electron chi connectivity index (χ4n) is 3.62. The lowest BCUT2D eigenvalue weighted by molar-refractivity contribution is 0.154. The zero-order valence-corrected chi connectivity index (χ0v) is 20.4. The van der Waals surface area contributed by atoms with Crippen molar-refractivity contribution in [3.8, 4) is 5.69 Å². The molecule has 8 heteroatoms. The summed E-state index contributed by atoms with van der Waals surface area (Å²) in [7, 11) is -3.95. The number of benzene rings is 2. The normalized spacial score (nSPS) is 11.4. The summed E-state index contributed by atoms with van der Waals surface area (Å²) in [6.45, 7) is 8.24.